The molecule has 0 aliphatic carbocycles. The molecule has 2 rings (SSSR count). The van der Waals surface area contributed by atoms with Gasteiger partial charge in [-0.15, -0.1) is 0 Å². The van der Waals surface area contributed by atoms with Crippen LogP contribution >= 0.6 is 0 Å². The zero-order valence-corrected chi connectivity index (χ0v) is 11.6. The molecule has 1 N–H and O–H groups in total. The molecular weight excluding hydrogens is 273 g/mol. The molecular formula is C16H14FNO3. The van der Waals surface area contributed by atoms with Crippen LogP contribution < -0.4 is 9.47 Å². The van der Waals surface area contributed by atoms with E-state index in [2.05, 4.69) is 0 Å². The third-order valence-electron chi connectivity index (χ3n) is 2.95. The van der Waals surface area contributed by atoms with Crippen molar-refractivity contribution in [3.05, 3.63) is 53.3 Å². The van der Waals surface area contributed by atoms with Crippen LogP contribution in [-0.2, 0) is 0 Å². The Bertz CT molecular complexity index is 692. The Hall–Kier alpha value is -2.58. The van der Waals surface area contributed by atoms with E-state index >= 15 is 0 Å². The van der Waals surface area contributed by atoms with Gasteiger partial charge >= 0.3 is 0 Å². The van der Waals surface area contributed by atoms with E-state index in [-0.39, 0.29) is 5.75 Å². The minimum atomic E-state index is -0.752. The number of methoxy groups -OCH3 is 1. The maximum absolute atomic E-state index is 13.9. The number of hydrogen-bond acceptors (Lipinski definition) is 4. The molecule has 0 heterocycles. The first-order valence-electron chi connectivity index (χ1n) is 6.28. The summed E-state index contributed by atoms with van der Waals surface area (Å²) in [7, 11) is 1.44. The second-order valence-corrected chi connectivity index (χ2v) is 4.45. The average Bonchev–Trinajstić information content (AvgIpc) is 2.49. The summed E-state index contributed by atoms with van der Waals surface area (Å²) in [4.78, 5) is 0. The lowest BCUT2D eigenvalue weighted by molar-refractivity contribution is 0.198. The summed E-state index contributed by atoms with van der Waals surface area (Å²) in [6.07, 6.45) is -0.752. The SMILES string of the molecule is COc1cc(C#N)ccc1Oc1ccc(C(C)O)cc1F. The number of aliphatic hydroxyl groups is 1. The predicted molar refractivity (Wildman–Crippen MR) is 74.8 cm³/mol. The largest absolute Gasteiger partial charge is 0.493 e. The molecule has 0 amide bonds. The van der Waals surface area contributed by atoms with Gasteiger partial charge in [-0.05, 0) is 36.8 Å². The van der Waals surface area contributed by atoms with Crippen molar-refractivity contribution < 1.29 is 19.0 Å². The van der Waals surface area contributed by atoms with E-state index < -0.39 is 11.9 Å². The first-order chi connectivity index (χ1) is 10.0. The van der Waals surface area contributed by atoms with Crippen LogP contribution in [0.3, 0.4) is 0 Å². The number of aliphatic hydroxyl groups excluding tert-OH is 1. The highest BCUT2D eigenvalue weighted by atomic mass is 19.1. The highest BCUT2D eigenvalue weighted by molar-refractivity contribution is 5.48. The predicted octanol–water partition coefficient (Wildman–Crippen LogP) is 3.55. The molecule has 1 unspecified atom stereocenters. The highest BCUT2D eigenvalue weighted by Crippen LogP contribution is 2.34. The van der Waals surface area contributed by atoms with Gasteiger partial charge in [0.15, 0.2) is 23.1 Å². The number of nitriles is 1. The molecule has 1 atom stereocenters. The van der Waals surface area contributed by atoms with Gasteiger partial charge in [-0.2, -0.15) is 5.26 Å². The standard InChI is InChI=1S/C16H14FNO3/c1-10(19)12-4-6-14(13(17)8-12)21-15-5-3-11(9-18)7-16(15)20-2/h3-8,10,19H,1-2H3. The normalized spacial score (nSPS) is 11.6. The molecule has 0 aliphatic heterocycles. The maximum Gasteiger partial charge on any atom is 0.169 e. The van der Waals surface area contributed by atoms with E-state index in [1.54, 1.807) is 25.1 Å². The number of rotatable bonds is 4. The van der Waals surface area contributed by atoms with Crippen LogP contribution in [0.5, 0.6) is 17.2 Å². The second-order valence-electron chi connectivity index (χ2n) is 4.45. The summed E-state index contributed by atoms with van der Waals surface area (Å²) in [5.74, 6) is 0.0791. The van der Waals surface area contributed by atoms with Crippen molar-refractivity contribution in [1.29, 1.82) is 5.26 Å². The zero-order chi connectivity index (χ0) is 15.4. The van der Waals surface area contributed by atoms with Crippen LogP contribution in [0.4, 0.5) is 4.39 Å². The molecule has 2 aromatic carbocycles. The van der Waals surface area contributed by atoms with Crippen molar-refractivity contribution in [2.75, 3.05) is 7.11 Å². The van der Waals surface area contributed by atoms with Crippen molar-refractivity contribution in [1.82, 2.24) is 0 Å². The molecule has 0 radical (unpaired) electrons. The summed E-state index contributed by atoms with van der Waals surface area (Å²) in [6.45, 7) is 1.55. The lowest BCUT2D eigenvalue weighted by Gasteiger charge is -2.12. The Kier molecular flexibility index (Phi) is 4.41. The van der Waals surface area contributed by atoms with E-state index in [9.17, 15) is 9.50 Å². The number of nitrogens with zero attached hydrogens (tertiary/aromatic N) is 1. The summed E-state index contributed by atoms with van der Waals surface area (Å²) in [6, 6.07) is 10.8. The van der Waals surface area contributed by atoms with Gasteiger partial charge < -0.3 is 14.6 Å². The minimum absolute atomic E-state index is 0.0161. The molecule has 0 aliphatic rings. The summed E-state index contributed by atoms with van der Waals surface area (Å²) < 4.78 is 24.5. The monoisotopic (exact) mass is 287 g/mol. The molecule has 4 nitrogen and oxygen atoms in total. The van der Waals surface area contributed by atoms with E-state index in [0.717, 1.165) is 0 Å². The van der Waals surface area contributed by atoms with E-state index in [0.29, 0.717) is 22.6 Å². The van der Waals surface area contributed by atoms with Crippen molar-refractivity contribution in [2.45, 2.75) is 13.0 Å². The summed E-state index contributed by atoms with van der Waals surface area (Å²) in [5, 5.41) is 18.2. The van der Waals surface area contributed by atoms with Crippen molar-refractivity contribution in [3.63, 3.8) is 0 Å². The fourth-order valence-electron chi connectivity index (χ4n) is 1.80. The third-order valence-corrected chi connectivity index (χ3v) is 2.95. The number of ether oxygens (including phenoxy) is 2. The van der Waals surface area contributed by atoms with Gasteiger partial charge in [0.25, 0.3) is 0 Å². The highest BCUT2D eigenvalue weighted by Gasteiger charge is 2.12. The van der Waals surface area contributed by atoms with Gasteiger partial charge in [-0.1, -0.05) is 6.07 Å². The molecule has 0 spiro atoms. The minimum Gasteiger partial charge on any atom is -0.493 e. The van der Waals surface area contributed by atoms with Crippen molar-refractivity contribution in [3.8, 4) is 23.3 Å². The van der Waals surface area contributed by atoms with Crippen LogP contribution in [0.2, 0.25) is 0 Å². The lowest BCUT2D eigenvalue weighted by atomic mass is 10.1. The summed E-state index contributed by atoms with van der Waals surface area (Å²) in [5.41, 5.74) is 0.885. The molecule has 0 saturated heterocycles. The molecule has 0 aromatic heterocycles. The second kappa shape index (κ2) is 6.25. The van der Waals surface area contributed by atoms with Gasteiger partial charge in [0.2, 0.25) is 0 Å². The summed E-state index contributed by atoms with van der Waals surface area (Å²) >= 11 is 0. The Morgan fingerprint density at radius 2 is 1.86 bits per heavy atom. The van der Waals surface area contributed by atoms with E-state index in [1.165, 1.54) is 25.3 Å². The van der Waals surface area contributed by atoms with Crippen molar-refractivity contribution >= 4 is 0 Å². The molecule has 0 saturated carbocycles. The van der Waals surface area contributed by atoms with Crippen LogP contribution in [0.15, 0.2) is 36.4 Å². The topological polar surface area (TPSA) is 62.5 Å². The number of hydrogen-bond donors (Lipinski definition) is 1. The van der Waals surface area contributed by atoms with Crippen LogP contribution in [0.25, 0.3) is 0 Å². The number of benzene rings is 2. The Morgan fingerprint density at radius 1 is 1.14 bits per heavy atom. The molecule has 21 heavy (non-hydrogen) atoms. The van der Waals surface area contributed by atoms with Crippen LogP contribution in [0, 0.1) is 17.1 Å². The molecule has 108 valence electrons. The fourth-order valence-corrected chi connectivity index (χ4v) is 1.80. The van der Waals surface area contributed by atoms with Crippen LogP contribution in [0.1, 0.15) is 24.2 Å². The first-order valence-corrected chi connectivity index (χ1v) is 6.28. The van der Waals surface area contributed by atoms with Gasteiger partial charge in [-0.3, -0.25) is 0 Å². The Morgan fingerprint density at radius 3 is 2.43 bits per heavy atom. The lowest BCUT2D eigenvalue weighted by Crippen LogP contribution is -1.96. The zero-order valence-electron chi connectivity index (χ0n) is 11.6. The smallest absolute Gasteiger partial charge is 0.169 e. The first kappa shape index (κ1) is 14.8. The Balaban J connectivity index is 2.32. The average molecular weight is 287 g/mol. The molecule has 5 heteroatoms. The Labute approximate surface area is 122 Å². The quantitative estimate of drug-likeness (QED) is 0.934. The number of halogens is 1. The third kappa shape index (κ3) is 3.30. The van der Waals surface area contributed by atoms with Gasteiger partial charge in [0.05, 0.1) is 24.8 Å². The molecule has 0 fully saturated rings. The van der Waals surface area contributed by atoms with E-state index in [4.69, 9.17) is 14.7 Å². The maximum atomic E-state index is 13.9. The van der Waals surface area contributed by atoms with Gasteiger partial charge in [0, 0.05) is 6.07 Å². The fraction of sp³-hybridized carbons (Fsp3) is 0.188. The molecule has 2 aromatic rings. The van der Waals surface area contributed by atoms with E-state index in [1.807, 2.05) is 6.07 Å². The van der Waals surface area contributed by atoms with Gasteiger partial charge in [-0.25, -0.2) is 4.39 Å². The van der Waals surface area contributed by atoms with Crippen molar-refractivity contribution in [2.24, 2.45) is 0 Å². The van der Waals surface area contributed by atoms with Gasteiger partial charge in [0.1, 0.15) is 0 Å². The molecule has 0 bridgehead atoms. The van der Waals surface area contributed by atoms with Crippen LogP contribution in [-0.4, -0.2) is 12.2 Å².